The predicted octanol–water partition coefficient (Wildman–Crippen LogP) is 3.59. The summed E-state index contributed by atoms with van der Waals surface area (Å²) in [6.07, 6.45) is 5.38. The van der Waals surface area contributed by atoms with Gasteiger partial charge >= 0.3 is 0 Å². The number of benzene rings is 1. The first-order chi connectivity index (χ1) is 9.70. The van der Waals surface area contributed by atoms with Gasteiger partial charge in [-0.25, -0.2) is 9.37 Å². The van der Waals surface area contributed by atoms with Crippen molar-refractivity contribution in [1.82, 2.24) is 15.3 Å². The molecular formula is C15H15BrFN3. The molecule has 0 amide bonds. The van der Waals surface area contributed by atoms with Gasteiger partial charge in [0.15, 0.2) is 0 Å². The number of hydrogen-bond acceptors (Lipinski definition) is 2. The number of H-pyrrole nitrogens is 1. The third kappa shape index (κ3) is 2.00. The fourth-order valence-corrected chi connectivity index (χ4v) is 3.83. The molecule has 3 heterocycles. The lowest BCUT2D eigenvalue weighted by atomic mass is 9.89. The summed E-state index contributed by atoms with van der Waals surface area (Å²) in [5.74, 6) is 1.20. The Bertz CT molecular complexity index is 654. The van der Waals surface area contributed by atoms with Crippen molar-refractivity contribution in [3.8, 4) is 11.3 Å². The van der Waals surface area contributed by atoms with Crippen molar-refractivity contribution in [3.63, 3.8) is 0 Å². The number of aromatic nitrogens is 2. The van der Waals surface area contributed by atoms with E-state index in [1.54, 1.807) is 12.3 Å². The second-order valence-electron chi connectivity index (χ2n) is 5.70. The summed E-state index contributed by atoms with van der Waals surface area (Å²) in [6, 6.07) is 6.28. The average Bonchev–Trinajstić information content (AvgIpc) is 3.14. The maximum Gasteiger partial charge on any atom is 0.133 e. The van der Waals surface area contributed by atoms with E-state index < -0.39 is 0 Å². The van der Waals surface area contributed by atoms with Crippen LogP contribution in [0.5, 0.6) is 0 Å². The molecule has 2 fully saturated rings. The zero-order chi connectivity index (χ0) is 13.7. The SMILES string of the molecule is Fc1cc(Br)ccc1-c1cnc(C2CC3CCC2N3)[nH]1. The normalized spacial score (nSPS) is 28.2. The van der Waals surface area contributed by atoms with Gasteiger partial charge in [0.1, 0.15) is 11.6 Å². The monoisotopic (exact) mass is 335 g/mol. The molecule has 0 aliphatic carbocycles. The lowest BCUT2D eigenvalue weighted by Gasteiger charge is -2.17. The summed E-state index contributed by atoms with van der Waals surface area (Å²) in [5.41, 5.74) is 1.33. The van der Waals surface area contributed by atoms with Crippen molar-refractivity contribution >= 4 is 15.9 Å². The van der Waals surface area contributed by atoms with Crippen molar-refractivity contribution in [3.05, 3.63) is 40.5 Å². The number of halogens is 2. The highest BCUT2D eigenvalue weighted by molar-refractivity contribution is 9.10. The standard InChI is InChI=1S/C15H15BrFN3/c16-8-1-3-10(12(17)5-8)14-7-18-15(20-14)11-6-9-2-4-13(11)19-9/h1,3,5,7,9,11,13,19H,2,4,6H2,(H,18,20). The van der Waals surface area contributed by atoms with Crippen LogP contribution in [-0.4, -0.2) is 22.1 Å². The first kappa shape index (κ1) is 12.5. The molecule has 0 spiro atoms. The van der Waals surface area contributed by atoms with Gasteiger partial charge in [-0.2, -0.15) is 0 Å². The van der Waals surface area contributed by atoms with Gasteiger partial charge in [-0.3, -0.25) is 0 Å². The minimum Gasteiger partial charge on any atom is -0.342 e. The number of hydrogen-bond donors (Lipinski definition) is 2. The Balaban J connectivity index is 1.65. The molecule has 1 aromatic heterocycles. The van der Waals surface area contributed by atoms with E-state index in [4.69, 9.17) is 0 Å². The predicted molar refractivity (Wildman–Crippen MR) is 79.0 cm³/mol. The molecule has 20 heavy (non-hydrogen) atoms. The van der Waals surface area contributed by atoms with Crippen molar-refractivity contribution in [2.24, 2.45) is 0 Å². The van der Waals surface area contributed by atoms with Gasteiger partial charge in [-0.15, -0.1) is 0 Å². The van der Waals surface area contributed by atoms with Crippen LogP contribution in [0.25, 0.3) is 11.3 Å². The lowest BCUT2D eigenvalue weighted by Crippen LogP contribution is -2.22. The summed E-state index contributed by atoms with van der Waals surface area (Å²) in [4.78, 5) is 7.79. The van der Waals surface area contributed by atoms with Crippen molar-refractivity contribution in [2.75, 3.05) is 0 Å². The van der Waals surface area contributed by atoms with Gasteiger partial charge in [0.05, 0.1) is 11.9 Å². The van der Waals surface area contributed by atoms with Crippen LogP contribution in [0, 0.1) is 5.82 Å². The molecule has 2 bridgehead atoms. The van der Waals surface area contributed by atoms with E-state index in [2.05, 4.69) is 31.2 Å². The van der Waals surface area contributed by atoms with E-state index in [9.17, 15) is 4.39 Å². The van der Waals surface area contributed by atoms with Gasteiger partial charge in [0, 0.05) is 28.0 Å². The van der Waals surface area contributed by atoms with Gasteiger partial charge in [-0.05, 0) is 37.5 Å². The van der Waals surface area contributed by atoms with E-state index in [0.717, 1.165) is 22.4 Å². The van der Waals surface area contributed by atoms with Crippen LogP contribution >= 0.6 is 15.9 Å². The smallest absolute Gasteiger partial charge is 0.133 e. The zero-order valence-electron chi connectivity index (χ0n) is 10.9. The Morgan fingerprint density at radius 1 is 1.30 bits per heavy atom. The highest BCUT2D eigenvalue weighted by atomic mass is 79.9. The third-order valence-corrected chi connectivity index (χ3v) is 4.96. The summed E-state index contributed by atoms with van der Waals surface area (Å²) in [5, 5.41) is 3.60. The van der Waals surface area contributed by atoms with Gasteiger partial charge in [0.25, 0.3) is 0 Å². The Labute approximate surface area is 125 Å². The lowest BCUT2D eigenvalue weighted by molar-refractivity contribution is 0.490. The molecule has 1 aromatic carbocycles. The van der Waals surface area contributed by atoms with Crippen LogP contribution in [0.15, 0.2) is 28.9 Å². The second-order valence-corrected chi connectivity index (χ2v) is 6.61. The molecular weight excluding hydrogens is 321 g/mol. The summed E-state index contributed by atoms with van der Waals surface area (Å²) in [7, 11) is 0. The maximum absolute atomic E-state index is 14.0. The summed E-state index contributed by atoms with van der Waals surface area (Å²) >= 11 is 3.28. The van der Waals surface area contributed by atoms with E-state index in [0.29, 0.717) is 23.6 Å². The number of rotatable bonds is 2. The van der Waals surface area contributed by atoms with Crippen LogP contribution in [-0.2, 0) is 0 Å². The molecule has 2 saturated heterocycles. The summed E-state index contributed by atoms with van der Waals surface area (Å²) in [6.45, 7) is 0. The number of fused-ring (bicyclic) bond motifs is 2. The fraction of sp³-hybridized carbons (Fsp3) is 0.400. The molecule has 3 unspecified atom stereocenters. The van der Waals surface area contributed by atoms with Crippen LogP contribution in [0.2, 0.25) is 0 Å². The molecule has 0 saturated carbocycles. The highest BCUT2D eigenvalue weighted by Crippen LogP contribution is 2.39. The molecule has 5 heteroatoms. The first-order valence-electron chi connectivity index (χ1n) is 6.97. The maximum atomic E-state index is 14.0. The van der Waals surface area contributed by atoms with Crippen molar-refractivity contribution < 1.29 is 4.39 Å². The number of aromatic amines is 1. The van der Waals surface area contributed by atoms with Crippen molar-refractivity contribution in [2.45, 2.75) is 37.3 Å². The topological polar surface area (TPSA) is 40.7 Å². The molecule has 104 valence electrons. The van der Waals surface area contributed by atoms with Crippen LogP contribution < -0.4 is 5.32 Å². The largest absolute Gasteiger partial charge is 0.342 e. The minimum absolute atomic E-state index is 0.236. The first-order valence-corrected chi connectivity index (χ1v) is 7.76. The van der Waals surface area contributed by atoms with Gasteiger partial charge in [0.2, 0.25) is 0 Å². The van der Waals surface area contributed by atoms with E-state index >= 15 is 0 Å². The number of nitrogens with one attached hydrogen (secondary N) is 2. The Morgan fingerprint density at radius 2 is 2.20 bits per heavy atom. The molecule has 2 aliphatic rings. The minimum atomic E-state index is -0.236. The van der Waals surface area contributed by atoms with E-state index in [-0.39, 0.29) is 5.82 Å². The van der Waals surface area contributed by atoms with Crippen LogP contribution in [0.4, 0.5) is 4.39 Å². The number of imidazole rings is 1. The van der Waals surface area contributed by atoms with E-state index in [1.165, 1.54) is 18.9 Å². The molecule has 3 nitrogen and oxygen atoms in total. The van der Waals surface area contributed by atoms with Crippen LogP contribution in [0.3, 0.4) is 0 Å². The second kappa shape index (κ2) is 4.67. The molecule has 3 atom stereocenters. The van der Waals surface area contributed by atoms with E-state index in [1.807, 2.05) is 6.07 Å². The van der Waals surface area contributed by atoms with Crippen molar-refractivity contribution in [1.29, 1.82) is 0 Å². The zero-order valence-corrected chi connectivity index (χ0v) is 12.5. The molecule has 2 aliphatic heterocycles. The average molecular weight is 336 g/mol. The summed E-state index contributed by atoms with van der Waals surface area (Å²) < 4.78 is 14.7. The quantitative estimate of drug-likeness (QED) is 0.880. The molecule has 4 rings (SSSR count). The molecule has 2 aromatic rings. The Hall–Kier alpha value is -1.20. The number of nitrogens with zero attached hydrogens (tertiary/aromatic N) is 1. The molecule has 0 radical (unpaired) electrons. The van der Waals surface area contributed by atoms with Gasteiger partial charge < -0.3 is 10.3 Å². The third-order valence-electron chi connectivity index (χ3n) is 4.47. The van der Waals surface area contributed by atoms with Crippen LogP contribution in [0.1, 0.15) is 31.0 Å². The van der Waals surface area contributed by atoms with Gasteiger partial charge in [-0.1, -0.05) is 15.9 Å². The Kier molecular flexibility index (Phi) is 2.93. The fourth-order valence-electron chi connectivity index (χ4n) is 3.50. The Morgan fingerprint density at radius 3 is 2.90 bits per heavy atom. The highest BCUT2D eigenvalue weighted by Gasteiger charge is 2.41. The molecule has 2 N–H and O–H groups in total.